The second-order valence-electron chi connectivity index (χ2n) is 8.51. The van der Waals surface area contributed by atoms with E-state index in [-0.39, 0.29) is 42.7 Å². The van der Waals surface area contributed by atoms with E-state index in [4.69, 9.17) is 25.8 Å². The standard InChI is InChI=1S/C22H37ClO6/c1-15(2)29-21(26)14-27-11-7-6-10-17-18(23)12-19(24)22(17)28-13-20(25)16-8-4-3-5-9-16/h6-7,15-20,22,24-25H,3-5,8-14H2,1-2H3/b7-6-/t17-,18+,19+,20+,22+/m0/s1. The summed E-state index contributed by atoms with van der Waals surface area (Å²) in [6.45, 7) is 4.07. The van der Waals surface area contributed by atoms with Crippen LogP contribution in [0.15, 0.2) is 12.2 Å². The van der Waals surface area contributed by atoms with E-state index in [1.807, 2.05) is 12.2 Å². The maximum atomic E-state index is 11.4. The average molecular weight is 433 g/mol. The van der Waals surface area contributed by atoms with Crippen LogP contribution in [-0.4, -0.2) is 65.8 Å². The zero-order valence-electron chi connectivity index (χ0n) is 17.7. The highest BCUT2D eigenvalue weighted by molar-refractivity contribution is 6.21. The minimum absolute atomic E-state index is 0.0209. The molecule has 2 N–H and O–H groups in total. The normalized spacial score (nSPS) is 29.6. The quantitative estimate of drug-likeness (QED) is 0.226. The summed E-state index contributed by atoms with van der Waals surface area (Å²) in [6, 6.07) is 0. The third-order valence-corrected chi connectivity index (χ3v) is 6.26. The number of carbonyl (C=O) groups excluding carboxylic acids is 1. The van der Waals surface area contributed by atoms with Gasteiger partial charge in [-0.05, 0) is 45.4 Å². The zero-order chi connectivity index (χ0) is 21.2. The van der Waals surface area contributed by atoms with Crippen LogP contribution in [0.25, 0.3) is 0 Å². The van der Waals surface area contributed by atoms with E-state index >= 15 is 0 Å². The predicted molar refractivity (Wildman–Crippen MR) is 112 cm³/mol. The number of carbonyl (C=O) groups is 1. The van der Waals surface area contributed by atoms with Crippen LogP contribution in [0.5, 0.6) is 0 Å². The van der Waals surface area contributed by atoms with Crippen molar-refractivity contribution in [3.8, 4) is 0 Å². The lowest BCUT2D eigenvalue weighted by Crippen LogP contribution is -2.35. The summed E-state index contributed by atoms with van der Waals surface area (Å²) in [5.74, 6) is -0.0996. The molecule has 0 amide bonds. The molecule has 0 spiro atoms. The highest BCUT2D eigenvalue weighted by Crippen LogP contribution is 2.36. The van der Waals surface area contributed by atoms with Gasteiger partial charge in [0.2, 0.25) is 0 Å². The van der Waals surface area contributed by atoms with E-state index in [1.54, 1.807) is 13.8 Å². The van der Waals surface area contributed by atoms with Gasteiger partial charge in [-0.3, -0.25) is 0 Å². The molecule has 0 heterocycles. The number of halogens is 1. The van der Waals surface area contributed by atoms with Crippen molar-refractivity contribution in [2.24, 2.45) is 11.8 Å². The number of aliphatic hydroxyl groups is 2. The van der Waals surface area contributed by atoms with E-state index in [2.05, 4.69) is 0 Å². The van der Waals surface area contributed by atoms with Gasteiger partial charge in [0.05, 0.1) is 37.6 Å². The second kappa shape index (κ2) is 12.9. The molecule has 168 valence electrons. The number of allylic oxidation sites excluding steroid dienone is 1. The molecule has 0 aliphatic heterocycles. The first-order valence-electron chi connectivity index (χ1n) is 10.9. The topological polar surface area (TPSA) is 85.2 Å². The van der Waals surface area contributed by atoms with Gasteiger partial charge < -0.3 is 24.4 Å². The SMILES string of the molecule is CC(C)OC(=O)COC/C=C\C[C@@H]1[C@@H](OC[C@@H](O)C2CCCCC2)[C@H](O)C[C@H]1Cl. The summed E-state index contributed by atoms with van der Waals surface area (Å²) in [6.07, 6.45) is 8.98. The van der Waals surface area contributed by atoms with Gasteiger partial charge in [-0.2, -0.15) is 0 Å². The molecular weight excluding hydrogens is 396 g/mol. The number of alkyl halides is 1. The van der Waals surface area contributed by atoms with Crippen molar-refractivity contribution >= 4 is 17.6 Å². The maximum Gasteiger partial charge on any atom is 0.332 e. The molecule has 0 aromatic heterocycles. The van der Waals surface area contributed by atoms with Crippen LogP contribution < -0.4 is 0 Å². The van der Waals surface area contributed by atoms with Crippen molar-refractivity contribution in [1.82, 2.24) is 0 Å². The van der Waals surface area contributed by atoms with E-state index in [0.717, 1.165) is 12.8 Å². The Balaban J connectivity index is 1.72. The van der Waals surface area contributed by atoms with Crippen molar-refractivity contribution in [2.45, 2.75) is 88.6 Å². The molecule has 0 unspecified atom stereocenters. The molecule has 0 aromatic carbocycles. The molecule has 2 aliphatic rings. The van der Waals surface area contributed by atoms with Crippen molar-refractivity contribution in [3.63, 3.8) is 0 Å². The number of rotatable bonds is 11. The summed E-state index contributed by atoms with van der Waals surface area (Å²) >= 11 is 6.43. The molecule has 0 saturated heterocycles. The number of aliphatic hydroxyl groups excluding tert-OH is 2. The monoisotopic (exact) mass is 432 g/mol. The Morgan fingerprint density at radius 3 is 2.62 bits per heavy atom. The van der Waals surface area contributed by atoms with E-state index in [0.29, 0.717) is 25.4 Å². The van der Waals surface area contributed by atoms with Crippen molar-refractivity contribution < 1.29 is 29.2 Å². The molecule has 6 nitrogen and oxygen atoms in total. The molecule has 2 saturated carbocycles. The van der Waals surface area contributed by atoms with Gasteiger partial charge >= 0.3 is 5.97 Å². The van der Waals surface area contributed by atoms with Crippen LogP contribution in [0.1, 0.15) is 58.8 Å². The molecule has 2 rings (SSSR count). The lowest BCUT2D eigenvalue weighted by molar-refractivity contribution is -0.152. The van der Waals surface area contributed by atoms with Crippen LogP contribution in [0, 0.1) is 11.8 Å². The van der Waals surface area contributed by atoms with Gasteiger partial charge in [0.1, 0.15) is 6.61 Å². The van der Waals surface area contributed by atoms with Gasteiger partial charge in [0.15, 0.2) is 0 Å². The van der Waals surface area contributed by atoms with Crippen LogP contribution >= 0.6 is 11.6 Å². The maximum absolute atomic E-state index is 11.4. The minimum atomic E-state index is -0.614. The smallest absolute Gasteiger partial charge is 0.332 e. The third kappa shape index (κ3) is 8.54. The summed E-state index contributed by atoms with van der Waals surface area (Å²) in [5, 5.41) is 20.6. The lowest BCUT2D eigenvalue weighted by atomic mass is 9.85. The van der Waals surface area contributed by atoms with Gasteiger partial charge in [-0.1, -0.05) is 31.4 Å². The highest BCUT2D eigenvalue weighted by Gasteiger charge is 2.42. The lowest BCUT2D eigenvalue weighted by Gasteiger charge is -2.29. The Morgan fingerprint density at radius 1 is 1.21 bits per heavy atom. The zero-order valence-corrected chi connectivity index (χ0v) is 18.4. The molecule has 7 heteroatoms. The van der Waals surface area contributed by atoms with Crippen molar-refractivity contribution in [1.29, 1.82) is 0 Å². The third-order valence-electron chi connectivity index (χ3n) is 5.76. The molecule has 5 atom stereocenters. The number of ether oxygens (including phenoxy) is 3. The van der Waals surface area contributed by atoms with E-state index < -0.39 is 12.2 Å². The Kier molecular flexibility index (Phi) is 10.9. The van der Waals surface area contributed by atoms with Gasteiger partial charge in [0, 0.05) is 11.3 Å². The summed E-state index contributed by atoms with van der Waals surface area (Å²) in [4.78, 5) is 11.4. The average Bonchev–Trinajstić information content (AvgIpc) is 2.95. The number of esters is 1. The first kappa shape index (κ1) is 24.6. The molecule has 2 fully saturated rings. The summed E-state index contributed by atoms with van der Waals surface area (Å²) < 4.78 is 16.2. The Morgan fingerprint density at radius 2 is 1.93 bits per heavy atom. The summed E-state index contributed by atoms with van der Waals surface area (Å²) in [7, 11) is 0. The first-order valence-corrected chi connectivity index (χ1v) is 11.4. The van der Waals surface area contributed by atoms with Gasteiger partial charge in [0.25, 0.3) is 0 Å². The number of hydrogen-bond acceptors (Lipinski definition) is 6. The van der Waals surface area contributed by atoms with Crippen LogP contribution in [0.4, 0.5) is 0 Å². The van der Waals surface area contributed by atoms with E-state index in [1.165, 1.54) is 19.3 Å². The fourth-order valence-corrected chi connectivity index (χ4v) is 4.67. The fourth-order valence-electron chi connectivity index (χ4n) is 4.24. The number of hydrogen-bond donors (Lipinski definition) is 2. The molecule has 2 aliphatic carbocycles. The van der Waals surface area contributed by atoms with Crippen LogP contribution in [-0.2, 0) is 19.0 Å². The van der Waals surface area contributed by atoms with Gasteiger partial charge in [-0.15, -0.1) is 11.6 Å². The second-order valence-corrected chi connectivity index (χ2v) is 9.07. The Labute approximate surface area is 179 Å². The van der Waals surface area contributed by atoms with Crippen LogP contribution in [0.3, 0.4) is 0 Å². The Hall–Kier alpha value is -0.660. The van der Waals surface area contributed by atoms with Crippen LogP contribution in [0.2, 0.25) is 0 Å². The van der Waals surface area contributed by atoms with Crippen molar-refractivity contribution in [2.75, 3.05) is 19.8 Å². The highest BCUT2D eigenvalue weighted by atomic mass is 35.5. The molecule has 29 heavy (non-hydrogen) atoms. The Bertz CT molecular complexity index is 506. The summed E-state index contributed by atoms with van der Waals surface area (Å²) in [5.41, 5.74) is 0. The fraction of sp³-hybridized carbons (Fsp3) is 0.864. The molecular formula is C22H37ClO6. The minimum Gasteiger partial charge on any atom is -0.461 e. The first-order chi connectivity index (χ1) is 13.9. The predicted octanol–water partition coefficient (Wildman–Crippen LogP) is 3.22. The largest absolute Gasteiger partial charge is 0.461 e. The van der Waals surface area contributed by atoms with Gasteiger partial charge in [-0.25, -0.2) is 4.79 Å². The molecule has 0 aromatic rings. The van der Waals surface area contributed by atoms with E-state index in [9.17, 15) is 15.0 Å². The molecule has 0 bridgehead atoms. The van der Waals surface area contributed by atoms with Crippen molar-refractivity contribution in [3.05, 3.63) is 12.2 Å². The molecule has 0 radical (unpaired) electrons.